The number of fused-ring (bicyclic) bond motifs is 1. The Kier molecular flexibility index (Phi) is 4.51. The lowest BCUT2D eigenvalue weighted by molar-refractivity contribution is -0.137. The number of ether oxygens (including phenoxy) is 2. The molecule has 0 spiro atoms. The van der Waals surface area contributed by atoms with Crippen molar-refractivity contribution in [2.75, 3.05) is 7.11 Å². The maximum atomic E-state index is 14.2. The molecule has 1 unspecified atom stereocenters. The number of rotatable bonds is 4. The van der Waals surface area contributed by atoms with Crippen molar-refractivity contribution >= 4 is 5.97 Å². The molecule has 126 valence electrons. The van der Waals surface area contributed by atoms with Crippen LogP contribution in [0.2, 0.25) is 0 Å². The number of carbonyl (C=O) groups is 1. The summed E-state index contributed by atoms with van der Waals surface area (Å²) in [5, 5.41) is 0. The normalized spacial score (nSPS) is 16.5. The minimum absolute atomic E-state index is 0.0231. The molecule has 3 nitrogen and oxygen atoms in total. The lowest BCUT2D eigenvalue weighted by atomic mass is 9.88. The topological polar surface area (TPSA) is 35.5 Å². The fraction of sp³-hybridized carbons (Fsp3) is 0.316. The Morgan fingerprint density at radius 3 is 2.71 bits per heavy atom. The predicted octanol–water partition coefficient (Wildman–Crippen LogP) is 4.17. The van der Waals surface area contributed by atoms with Gasteiger partial charge in [0, 0.05) is 0 Å². The van der Waals surface area contributed by atoms with Crippen LogP contribution in [0.25, 0.3) is 0 Å². The van der Waals surface area contributed by atoms with Crippen molar-refractivity contribution in [3.63, 3.8) is 0 Å². The van der Waals surface area contributed by atoms with E-state index < -0.39 is 17.7 Å². The number of hydrogen-bond acceptors (Lipinski definition) is 3. The fourth-order valence-corrected chi connectivity index (χ4v) is 2.99. The highest BCUT2D eigenvalue weighted by Gasteiger charge is 2.33. The molecular weight excluding hydrogens is 314 g/mol. The Labute approximate surface area is 139 Å². The van der Waals surface area contributed by atoms with Crippen molar-refractivity contribution < 1.29 is 23.0 Å². The molecular formula is C19H18F2O3. The van der Waals surface area contributed by atoms with Crippen LogP contribution in [0.15, 0.2) is 30.3 Å². The first-order valence-electron chi connectivity index (χ1n) is 7.90. The molecule has 0 bridgehead atoms. The summed E-state index contributed by atoms with van der Waals surface area (Å²) < 4.78 is 38.4. The summed E-state index contributed by atoms with van der Waals surface area (Å²) >= 11 is 0. The Morgan fingerprint density at radius 1 is 1.25 bits per heavy atom. The van der Waals surface area contributed by atoms with E-state index in [0.717, 1.165) is 6.42 Å². The monoisotopic (exact) mass is 332 g/mol. The molecule has 2 aromatic carbocycles. The molecule has 0 radical (unpaired) electrons. The fourth-order valence-electron chi connectivity index (χ4n) is 2.99. The molecule has 1 aliphatic heterocycles. The number of benzene rings is 2. The lowest BCUT2D eigenvalue weighted by Crippen LogP contribution is -2.27. The Hall–Kier alpha value is -2.43. The van der Waals surface area contributed by atoms with Crippen molar-refractivity contribution in [3.8, 4) is 11.5 Å². The average molecular weight is 332 g/mol. The molecule has 0 saturated carbocycles. The van der Waals surface area contributed by atoms with Gasteiger partial charge in [-0.25, -0.2) is 4.39 Å². The standard InChI is InChI=1S/C19H18F2O3/c1-3-4-11-5-6-12(10-15(11)20)14-9-13-7-8-16(23-2)17(21)18(13)24-19(14)22/h5-8,10,14H,3-4,9H2,1-2H3. The van der Waals surface area contributed by atoms with E-state index in [9.17, 15) is 13.6 Å². The van der Waals surface area contributed by atoms with Gasteiger partial charge in [-0.1, -0.05) is 31.5 Å². The first kappa shape index (κ1) is 16.4. The van der Waals surface area contributed by atoms with E-state index in [2.05, 4.69) is 0 Å². The van der Waals surface area contributed by atoms with Gasteiger partial charge in [-0.2, -0.15) is 4.39 Å². The summed E-state index contributed by atoms with van der Waals surface area (Å²) in [6.07, 6.45) is 1.76. The molecule has 0 aromatic heterocycles. The summed E-state index contributed by atoms with van der Waals surface area (Å²) in [5.74, 6) is -2.32. The van der Waals surface area contributed by atoms with Crippen LogP contribution in [0, 0.1) is 11.6 Å². The maximum Gasteiger partial charge on any atom is 0.319 e. The molecule has 2 aromatic rings. The summed E-state index contributed by atoms with van der Waals surface area (Å²) in [6, 6.07) is 7.98. The molecule has 1 heterocycles. The predicted molar refractivity (Wildman–Crippen MR) is 85.4 cm³/mol. The summed E-state index contributed by atoms with van der Waals surface area (Å²) in [5.41, 5.74) is 1.73. The molecule has 5 heteroatoms. The summed E-state index contributed by atoms with van der Waals surface area (Å²) in [4.78, 5) is 12.3. The number of esters is 1. The third-order valence-electron chi connectivity index (χ3n) is 4.27. The first-order valence-corrected chi connectivity index (χ1v) is 7.90. The number of hydrogen-bond donors (Lipinski definition) is 0. The van der Waals surface area contributed by atoms with Crippen LogP contribution >= 0.6 is 0 Å². The van der Waals surface area contributed by atoms with Gasteiger partial charge < -0.3 is 9.47 Å². The van der Waals surface area contributed by atoms with Crippen molar-refractivity contribution in [1.82, 2.24) is 0 Å². The van der Waals surface area contributed by atoms with Crippen LogP contribution in [0.3, 0.4) is 0 Å². The van der Waals surface area contributed by atoms with Crippen LogP contribution in [-0.4, -0.2) is 13.1 Å². The van der Waals surface area contributed by atoms with E-state index in [-0.39, 0.29) is 23.7 Å². The largest absolute Gasteiger partial charge is 0.494 e. The van der Waals surface area contributed by atoms with Crippen LogP contribution < -0.4 is 9.47 Å². The summed E-state index contributed by atoms with van der Waals surface area (Å²) in [6.45, 7) is 1.98. The average Bonchev–Trinajstić information content (AvgIpc) is 2.57. The van der Waals surface area contributed by atoms with Gasteiger partial charge in [-0.05, 0) is 41.7 Å². The van der Waals surface area contributed by atoms with Crippen molar-refractivity contribution in [3.05, 3.63) is 58.7 Å². The van der Waals surface area contributed by atoms with Crippen molar-refractivity contribution in [2.24, 2.45) is 0 Å². The number of halogens is 2. The zero-order valence-electron chi connectivity index (χ0n) is 13.6. The number of methoxy groups -OCH3 is 1. The minimum Gasteiger partial charge on any atom is -0.494 e. The number of aryl methyl sites for hydroxylation is 1. The highest BCUT2D eigenvalue weighted by atomic mass is 19.1. The Balaban J connectivity index is 1.93. The van der Waals surface area contributed by atoms with E-state index in [1.165, 1.54) is 19.2 Å². The SMILES string of the molecule is CCCc1ccc(C2Cc3ccc(OC)c(F)c3OC2=O)cc1F. The Morgan fingerprint density at radius 2 is 2.04 bits per heavy atom. The van der Waals surface area contributed by atoms with Gasteiger partial charge in [0.2, 0.25) is 5.82 Å². The smallest absolute Gasteiger partial charge is 0.319 e. The zero-order valence-corrected chi connectivity index (χ0v) is 13.6. The third-order valence-corrected chi connectivity index (χ3v) is 4.27. The first-order chi connectivity index (χ1) is 11.5. The van der Waals surface area contributed by atoms with Gasteiger partial charge in [0.05, 0.1) is 13.0 Å². The molecule has 0 N–H and O–H groups in total. The third kappa shape index (κ3) is 2.86. The molecule has 0 amide bonds. The molecule has 0 fully saturated rings. The lowest BCUT2D eigenvalue weighted by Gasteiger charge is -2.24. The van der Waals surface area contributed by atoms with Crippen molar-refractivity contribution in [2.45, 2.75) is 32.1 Å². The molecule has 0 aliphatic carbocycles. The Bertz CT molecular complexity index is 786. The van der Waals surface area contributed by atoms with Crippen LogP contribution in [0.4, 0.5) is 8.78 Å². The molecule has 24 heavy (non-hydrogen) atoms. The molecule has 1 aliphatic rings. The van der Waals surface area contributed by atoms with E-state index in [4.69, 9.17) is 9.47 Å². The second-order valence-electron chi connectivity index (χ2n) is 5.85. The second-order valence-corrected chi connectivity index (χ2v) is 5.85. The minimum atomic E-state index is -0.689. The van der Waals surface area contributed by atoms with Gasteiger partial charge in [-0.3, -0.25) is 4.79 Å². The maximum absolute atomic E-state index is 14.2. The molecule has 3 rings (SSSR count). The van der Waals surface area contributed by atoms with E-state index in [0.29, 0.717) is 23.1 Å². The summed E-state index contributed by atoms with van der Waals surface area (Å²) in [7, 11) is 1.35. The van der Waals surface area contributed by atoms with Crippen LogP contribution in [0.5, 0.6) is 11.5 Å². The van der Waals surface area contributed by atoms with Gasteiger partial charge in [0.1, 0.15) is 5.82 Å². The van der Waals surface area contributed by atoms with Gasteiger partial charge in [-0.15, -0.1) is 0 Å². The highest BCUT2D eigenvalue weighted by molar-refractivity contribution is 5.83. The van der Waals surface area contributed by atoms with Crippen LogP contribution in [-0.2, 0) is 17.6 Å². The van der Waals surface area contributed by atoms with Crippen molar-refractivity contribution in [1.29, 1.82) is 0 Å². The van der Waals surface area contributed by atoms with Gasteiger partial charge >= 0.3 is 5.97 Å². The van der Waals surface area contributed by atoms with Gasteiger partial charge in [0.15, 0.2) is 11.5 Å². The molecule has 0 saturated heterocycles. The van der Waals surface area contributed by atoms with Gasteiger partial charge in [0.25, 0.3) is 0 Å². The van der Waals surface area contributed by atoms with E-state index in [1.54, 1.807) is 18.2 Å². The molecule has 1 atom stereocenters. The van der Waals surface area contributed by atoms with Crippen LogP contribution in [0.1, 0.15) is 36.0 Å². The quantitative estimate of drug-likeness (QED) is 0.623. The highest BCUT2D eigenvalue weighted by Crippen LogP contribution is 2.38. The van der Waals surface area contributed by atoms with E-state index in [1.807, 2.05) is 6.92 Å². The second kappa shape index (κ2) is 6.59. The zero-order chi connectivity index (χ0) is 17.3. The number of carbonyl (C=O) groups excluding carboxylic acids is 1. The van der Waals surface area contributed by atoms with E-state index >= 15 is 0 Å².